The van der Waals surface area contributed by atoms with Crippen LogP contribution in [0.5, 0.6) is 0 Å². The Morgan fingerprint density at radius 3 is 2.75 bits per heavy atom. The molecule has 7 nitrogen and oxygen atoms in total. The highest BCUT2D eigenvalue weighted by molar-refractivity contribution is 7.13. The van der Waals surface area contributed by atoms with Gasteiger partial charge in [-0.25, -0.2) is 4.98 Å². The zero-order valence-electron chi connectivity index (χ0n) is 14.1. The number of anilines is 1. The molecule has 24 heavy (non-hydrogen) atoms. The van der Waals surface area contributed by atoms with Crippen molar-refractivity contribution in [2.75, 3.05) is 11.9 Å². The van der Waals surface area contributed by atoms with Crippen LogP contribution in [0.3, 0.4) is 0 Å². The predicted molar refractivity (Wildman–Crippen MR) is 90.8 cm³/mol. The molecule has 0 radical (unpaired) electrons. The van der Waals surface area contributed by atoms with Gasteiger partial charge in [-0.3, -0.25) is 14.4 Å². The molecule has 132 valence electrons. The summed E-state index contributed by atoms with van der Waals surface area (Å²) in [5.74, 6) is -1.73. The molecule has 2 N–H and O–H groups in total. The summed E-state index contributed by atoms with van der Waals surface area (Å²) < 4.78 is 0. The highest BCUT2D eigenvalue weighted by atomic mass is 32.1. The maximum Gasteiger partial charge on any atom is 0.308 e. The fourth-order valence-electron chi connectivity index (χ4n) is 2.61. The number of amides is 2. The van der Waals surface area contributed by atoms with Gasteiger partial charge < -0.3 is 15.3 Å². The molecular formula is C16H23N3O4S. The number of hydrogen-bond donors (Lipinski definition) is 2. The maximum absolute atomic E-state index is 12.5. The lowest BCUT2D eigenvalue weighted by molar-refractivity contribution is -0.147. The molecule has 2 unspecified atom stereocenters. The van der Waals surface area contributed by atoms with Crippen molar-refractivity contribution >= 4 is 34.3 Å². The molecule has 8 heteroatoms. The summed E-state index contributed by atoms with van der Waals surface area (Å²) in [6.45, 7) is 5.77. The summed E-state index contributed by atoms with van der Waals surface area (Å²) >= 11 is 1.28. The third-order valence-corrected chi connectivity index (χ3v) is 5.00. The summed E-state index contributed by atoms with van der Waals surface area (Å²) in [5, 5.41) is 14.1. The Morgan fingerprint density at radius 2 is 2.12 bits per heavy atom. The molecule has 2 rings (SSSR count). The van der Waals surface area contributed by atoms with Crippen molar-refractivity contribution in [1.29, 1.82) is 0 Å². The van der Waals surface area contributed by atoms with E-state index in [2.05, 4.69) is 10.3 Å². The van der Waals surface area contributed by atoms with Crippen LogP contribution in [-0.4, -0.2) is 45.4 Å². The van der Waals surface area contributed by atoms with Crippen LogP contribution in [-0.2, 0) is 20.8 Å². The number of piperidine rings is 1. The molecule has 2 atom stereocenters. The van der Waals surface area contributed by atoms with E-state index in [-0.39, 0.29) is 36.7 Å². The second kappa shape index (κ2) is 7.74. The molecule has 1 aliphatic heterocycles. The van der Waals surface area contributed by atoms with Crippen LogP contribution >= 0.6 is 11.3 Å². The SMILES string of the molecule is CC(C)C(=O)Nc1nc(CC(=O)N2CC(C(=O)O)CCC2C)cs1. The van der Waals surface area contributed by atoms with Gasteiger partial charge in [0.25, 0.3) is 0 Å². The molecule has 0 bridgehead atoms. The number of aromatic nitrogens is 1. The lowest BCUT2D eigenvalue weighted by Gasteiger charge is -2.36. The molecule has 1 aliphatic rings. The Morgan fingerprint density at radius 1 is 1.42 bits per heavy atom. The molecule has 2 amide bonds. The van der Waals surface area contributed by atoms with Crippen LogP contribution in [0.1, 0.15) is 39.3 Å². The molecule has 0 spiro atoms. The molecule has 1 aromatic heterocycles. The fraction of sp³-hybridized carbons (Fsp3) is 0.625. The number of aliphatic carboxylic acids is 1. The van der Waals surface area contributed by atoms with E-state index in [0.717, 1.165) is 0 Å². The third-order valence-electron chi connectivity index (χ3n) is 4.19. The van der Waals surface area contributed by atoms with Gasteiger partial charge in [0.15, 0.2) is 5.13 Å². The number of carbonyl (C=O) groups excluding carboxylic acids is 2. The zero-order chi connectivity index (χ0) is 17.9. The normalized spacial score (nSPS) is 20.9. The van der Waals surface area contributed by atoms with E-state index in [0.29, 0.717) is 23.7 Å². The monoisotopic (exact) mass is 353 g/mol. The van der Waals surface area contributed by atoms with Crippen molar-refractivity contribution in [2.24, 2.45) is 11.8 Å². The van der Waals surface area contributed by atoms with Gasteiger partial charge in [0.05, 0.1) is 18.0 Å². The first-order valence-electron chi connectivity index (χ1n) is 8.05. The van der Waals surface area contributed by atoms with E-state index in [1.54, 1.807) is 24.1 Å². The molecule has 0 aromatic carbocycles. The first-order valence-corrected chi connectivity index (χ1v) is 8.93. The topological polar surface area (TPSA) is 99.6 Å². The lowest BCUT2D eigenvalue weighted by atomic mass is 9.93. The van der Waals surface area contributed by atoms with Crippen molar-refractivity contribution in [3.8, 4) is 0 Å². The van der Waals surface area contributed by atoms with E-state index in [4.69, 9.17) is 5.11 Å². The second-order valence-corrected chi connectivity index (χ2v) is 7.33. The van der Waals surface area contributed by atoms with Crippen LogP contribution in [0.4, 0.5) is 5.13 Å². The van der Waals surface area contributed by atoms with Crippen molar-refractivity contribution in [1.82, 2.24) is 9.88 Å². The van der Waals surface area contributed by atoms with Gasteiger partial charge in [-0.05, 0) is 19.8 Å². The van der Waals surface area contributed by atoms with Crippen LogP contribution in [0, 0.1) is 11.8 Å². The average molecular weight is 353 g/mol. The van der Waals surface area contributed by atoms with Crippen LogP contribution in [0.15, 0.2) is 5.38 Å². The number of carbonyl (C=O) groups is 3. The van der Waals surface area contributed by atoms with Gasteiger partial charge in [-0.15, -0.1) is 11.3 Å². The standard InChI is InChI=1S/C16H23N3O4S/c1-9(2)14(21)18-16-17-12(8-24-16)6-13(20)19-7-11(15(22)23)5-4-10(19)3/h8-11H,4-7H2,1-3H3,(H,22,23)(H,17,18,21). The van der Waals surface area contributed by atoms with Crippen LogP contribution in [0.25, 0.3) is 0 Å². The first-order chi connectivity index (χ1) is 11.3. The van der Waals surface area contributed by atoms with Crippen LogP contribution < -0.4 is 5.32 Å². The Labute approximate surface area is 145 Å². The molecular weight excluding hydrogens is 330 g/mol. The minimum absolute atomic E-state index is 0.0341. The fourth-order valence-corrected chi connectivity index (χ4v) is 3.32. The van der Waals surface area contributed by atoms with E-state index in [9.17, 15) is 14.4 Å². The highest BCUT2D eigenvalue weighted by Gasteiger charge is 2.32. The number of carboxylic acids is 1. The summed E-state index contributed by atoms with van der Waals surface area (Å²) in [7, 11) is 0. The van der Waals surface area contributed by atoms with Gasteiger partial charge in [0.1, 0.15) is 0 Å². The molecule has 1 saturated heterocycles. The Balaban J connectivity index is 1.97. The minimum atomic E-state index is -0.855. The smallest absolute Gasteiger partial charge is 0.308 e. The maximum atomic E-state index is 12.5. The zero-order valence-corrected chi connectivity index (χ0v) is 14.9. The lowest BCUT2D eigenvalue weighted by Crippen LogP contribution is -2.47. The number of nitrogens with zero attached hydrogens (tertiary/aromatic N) is 2. The molecule has 1 aromatic rings. The predicted octanol–water partition coefficient (Wildman–Crippen LogP) is 1.99. The highest BCUT2D eigenvalue weighted by Crippen LogP contribution is 2.24. The second-order valence-electron chi connectivity index (χ2n) is 6.47. The number of hydrogen-bond acceptors (Lipinski definition) is 5. The van der Waals surface area contributed by atoms with Crippen molar-refractivity contribution < 1.29 is 19.5 Å². The number of likely N-dealkylation sites (tertiary alicyclic amines) is 1. The Bertz CT molecular complexity index is 629. The van der Waals surface area contributed by atoms with Gasteiger partial charge >= 0.3 is 5.97 Å². The van der Waals surface area contributed by atoms with Gasteiger partial charge in [0.2, 0.25) is 11.8 Å². The first kappa shape index (κ1) is 18.4. The largest absolute Gasteiger partial charge is 0.481 e. The average Bonchev–Trinajstić information content (AvgIpc) is 2.94. The summed E-state index contributed by atoms with van der Waals surface area (Å²) in [5.41, 5.74) is 0.591. The molecule has 1 fully saturated rings. The Kier molecular flexibility index (Phi) is 5.93. The summed E-state index contributed by atoms with van der Waals surface area (Å²) in [6, 6.07) is 0.0341. The van der Waals surface area contributed by atoms with Gasteiger partial charge in [-0.2, -0.15) is 0 Å². The Hall–Kier alpha value is -1.96. The van der Waals surface area contributed by atoms with Crippen molar-refractivity contribution in [2.45, 2.75) is 46.1 Å². The van der Waals surface area contributed by atoms with Crippen molar-refractivity contribution in [3.63, 3.8) is 0 Å². The molecule has 2 heterocycles. The van der Waals surface area contributed by atoms with Gasteiger partial charge in [0, 0.05) is 23.9 Å². The summed E-state index contributed by atoms with van der Waals surface area (Å²) in [4.78, 5) is 41.2. The van der Waals surface area contributed by atoms with E-state index >= 15 is 0 Å². The quantitative estimate of drug-likeness (QED) is 0.843. The van der Waals surface area contributed by atoms with E-state index in [1.807, 2.05) is 6.92 Å². The number of nitrogens with one attached hydrogen (secondary N) is 1. The van der Waals surface area contributed by atoms with Crippen molar-refractivity contribution in [3.05, 3.63) is 11.1 Å². The van der Waals surface area contributed by atoms with Gasteiger partial charge in [-0.1, -0.05) is 13.8 Å². The number of thiazole rings is 1. The van der Waals surface area contributed by atoms with Crippen LogP contribution in [0.2, 0.25) is 0 Å². The molecule has 0 saturated carbocycles. The summed E-state index contributed by atoms with van der Waals surface area (Å²) in [6.07, 6.45) is 1.41. The van der Waals surface area contributed by atoms with E-state index < -0.39 is 11.9 Å². The van der Waals surface area contributed by atoms with E-state index in [1.165, 1.54) is 11.3 Å². The number of carboxylic acid groups (broad SMARTS) is 1. The third kappa shape index (κ3) is 4.53. The number of rotatable bonds is 5. The minimum Gasteiger partial charge on any atom is -0.481 e. The molecule has 0 aliphatic carbocycles.